The van der Waals surface area contributed by atoms with Crippen molar-refractivity contribution < 1.29 is 14.7 Å². The standard InChI is InChI=1S/C13H12N4O4/c18-11-7(2-1-3-14-11)12(19)17-5-9-8(15-6-16-9)4-10(17)13(20)21/h1-3,6,10H,4-5H2,(H,14,18)(H,15,16)(H,20,21). The molecule has 1 aliphatic heterocycles. The van der Waals surface area contributed by atoms with Crippen molar-refractivity contribution in [2.24, 2.45) is 0 Å². The van der Waals surface area contributed by atoms with Crippen LogP contribution in [0.1, 0.15) is 21.7 Å². The second-order valence-corrected chi connectivity index (χ2v) is 4.73. The lowest BCUT2D eigenvalue weighted by atomic mass is 10.0. The van der Waals surface area contributed by atoms with Gasteiger partial charge in [-0.15, -0.1) is 0 Å². The van der Waals surface area contributed by atoms with E-state index >= 15 is 0 Å². The van der Waals surface area contributed by atoms with Crippen molar-refractivity contribution in [3.8, 4) is 0 Å². The Hall–Kier alpha value is -2.90. The predicted molar refractivity (Wildman–Crippen MR) is 70.7 cm³/mol. The normalized spacial score (nSPS) is 17.3. The largest absolute Gasteiger partial charge is 0.480 e. The summed E-state index contributed by atoms with van der Waals surface area (Å²) in [7, 11) is 0. The van der Waals surface area contributed by atoms with Crippen LogP contribution in [0, 0.1) is 0 Å². The first kappa shape index (κ1) is 13.1. The highest BCUT2D eigenvalue weighted by Crippen LogP contribution is 2.22. The third-order valence-corrected chi connectivity index (χ3v) is 3.49. The van der Waals surface area contributed by atoms with Gasteiger partial charge < -0.3 is 20.0 Å². The Morgan fingerprint density at radius 3 is 2.90 bits per heavy atom. The molecule has 0 fully saturated rings. The number of imidazole rings is 1. The number of amides is 1. The number of carboxylic acids is 1. The fourth-order valence-electron chi connectivity index (χ4n) is 2.41. The van der Waals surface area contributed by atoms with Gasteiger partial charge in [-0.25, -0.2) is 9.78 Å². The molecule has 3 rings (SSSR count). The van der Waals surface area contributed by atoms with Gasteiger partial charge in [0.15, 0.2) is 0 Å². The van der Waals surface area contributed by atoms with Crippen LogP contribution >= 0.6 is 0 Å². The van der Waals surface area contributed by atoms with E-state index in [1.807, 2.05) is 0 Å². The molecule has 1 amide bonds. The minimum Gasteiger partial charge on any atom is -0.480 e. The van der Waals surface area contributed by atoms with Gasteiger partial charge in [-0.3, -0.25) is 9.59 Å². The van der Waals surface area contributed by atoms with Crippen LogP contribution in [-0.2, 0) is 17.8 Å². The molecule has 8 nitrogen and oxygen atoms in total. The van der Waals surface area contributed by atoms with Crippen molar-refractivity contribution in [1.29, 1.82) is 0 Å². The van der Waals surface area contributed by atoms with E-state index in [1.54, 1.807) is 0 Å². The SMILES string of the molecule is O=C(O)C1Cc2nc[nH]c2CN1C(=O)c1ccc[nH]c1=O. The topological polar surface area (TPSA) is 119 Å². The Morgan fingerprint density at radius 2 is 2.19 bits per heavy atom. The van der Waals surface area contributed by atoms with Gasteiger partial charge in [-0.1, -0.05) is 0 Å². The third kappa shape index (κ3) is 2.20. The Balaban J connectivity index is 2.00. The molecule has 3 heterocycles. The lowest BCUT2D eigenvalue weighted by Gasteiger charge is -2.32. The minimum atomic E-state index is -1.12. The zero-order valence-electron chi connectivity index (χ0n) is 10.9. The number of hydrogen-bond acceptors (Lipinski definition) is 4. The number of aromatic amines is 2. The van der Waals surface area contributed by atoms with Crippen LogP contribution in [0.5, 0.6) is 0 Å². The number of hydrogen-bond donors (Lipinski definition) is 3. The summed E-state index contributed by atoms with van der Waals surface area (Å²) in [5.74, 6) is -1.73. The molecule has 1 aliphatic rings. The van der Waals surface area contributed by atoms with Gasteiger partial charge in [-0.05, 0) is 12.1 Å². The van der Waals surface area contributed by atoms with Gasteiger partial charge in [-0.2, -0.15) is 0 Å². The number of nitrogens with one attached hydrogen (secondary N) is 2. The summed E-state index contributed by atoms with van der Waals surface area (Å²) in [6, 6.07) is 1.87. The summed E-state index contributed by atoms with van der Waals surface area (Å²) < 4.78 is 0. The van der Waals surface area contributed by atoms with Crippen molar-refractivity contribution in [3.63, 3.8) is 0 Å². The monoisotopic (exact) mass is 288 g/mol. The lowest BCUT2D eigenvalue weighted by Crippen LogP contribution is -2.49. The Morgan fingerprint density at radius 1 is 1.38 bits per heavy atom. The zero-order chi connectivity index (χ0) is 15.0. The first-order chi connectivity index (χ1) is 10.1. The fraction of sp³-hybridized carbons (Fsp3) is 0.231. The van der Waals surface area contributed by atoms with Crippen LogP contribution in [0.25, 0.3) is 0 Å². The van der Waals surface area contributed by atoms with E-state index in [0.29, 0.717) is 11.4 Å². The van der Waals surface area contributed by atoms with E-state index in [2.05, 4.69) is 15.0 Å². The smallest absolute Gasteiger partial charge is 0.326 e. The molecule has 0 bridgehead atoms. The number of carbonyl (C=O) groups excluding carboxylic acids is 1. The number of carboxylic acid groups (broad SMARTS) is 1. The number of rotatable bonds is 2. The van der Waals surface area contributed by atoms with Gasteiger partial charge in [0.2, 0.25) is 0 Å². The van der Waals surface area contributed by atoms with Gasteiger partial charge in [0.25, 0.3) is 11.5 Å². The van der Waals surface area contributed by atoms with Crippen molar-refractivity contribution in [1.82, 2.24) is 19.9 Å². The molecule has 1 atom stereocenters. The van der Waals surface area contributed by atoms with Gasteiger partial charge in [0.1, 0.15) is 11.6 Å². The number of fused-ring (bicyclic) bond motifs is 1. The molecule has 2 aromatic heterocycles. The highest BCUT2D eigenvalue weighted by Gasteiger charge is 2.36. The molecular weight excluding hydrogens is 276 g/mol. The number of nitrogens with zero attached hydrogens (tertiary/aromatic N) is 2. The van der Waals surface area contributed by atoms with E-state index < -0.39 is 23.5 Å². The van der Waals surface area contributed by atoms with Crippen molar-refractivity contribution in [2.75, 3.05) is 0 Å². The molecule has 2 aromatic rings. The maximum Gasteiger partial charge on any atom is 0.326 e. The van der Waals surface area contributed by atoms with Crippen molar-refractivity contribution in [3.05, 3.63) is 52.0 Å². The maximum atomic E-state index is 12.5. The number of H-pyrrole nitrogens is 2. The van der Waals surface area contributed by atoms with Crippen molar-refractivity contribution in [2.45, 2.75) is 19.0 Å². The van der Waals surface area contributed by atoms with Gasteiger partial charge >= 0.3 is 5.97 Å². The zero-order valence-corrected chi connectivity index (χ0v) is 10.9. The number of aliphatic carboxylic acids is 1. The minimum absolute atomic E-state index is 0.0771. The molecule has 0 saturated heterocycles. The molecule has 1 unspecified atom stereocenters. The van der Waals surface area contributed by atoms with Crippen LogP contribution in [0.15, 0.2) is 29.5 Å². The van der Waals surface area contributed by atoms with E-state index in [-0.39, 0.29) is 18.5 Å². The Kier molecular flexibility index (Phi) is 3.05. The molecule has 21 heavy (non-hydrogen) atoms. The average molecular weight is 288 g/mol. The van der Waals surface area contributed by atoms with E-state index in [4.69, 9.17) is 0 Å². The lowest BCUT2D eigenvalue weighted by molar-refractivity contribution is -0.142. The molecule has 0 aromatic carbocycles. The molecule has 0 radical (unpaired) electrons. The summed E-state index contributed by atoms with van der Waals surface area (Å²) in [4.78, 5) is 46.1. The van der Waals surface area contributed by atoms with Crippen LogP contribution in [0.3, 0.4) is 0 Å². The third-order valence-electron chi connectivity index (χ3n) is 3.49. The van der Waals surface area contributed by atoms with Crippen LogP contribution in [0.2, 0.25) is 0 Å². The fourth-order valence-corrected chi connectivity index (χ4v) is 2.41. The predicted octanol–water partition coefficient (Wildman–Crippen LogP) is -0.250. The highest BCUT2D eigenvalue weighted by molar-refractivity contribution is 5.96. The summed E-state index contributed by atoms with van der Waals surface area (Å²) in [6.07, 6.45) is 2.99. The average Bonchev–Trinajstić information content (AvgIpc) is 2.93. The maximum absolute atomic E-state index is 12.5. The van der Waals surface area contributed by atoms with Gasteiger partial charge in [0.05, 0.1) is 24.3 Å². The second-order valence-electron chi connectivity index (χ2n) is 4.73. The van der Waals surface area contributed by atoms with Crippen LogP contribution in [0.4, 0.5) is 0 Å². The summed E-state index contributed by atoms with van der Waals surface area (Å²) >= 11 is 0. The number of carbonyl (C=O) groups is 2. The molecular formula is C13H12N4O4. The summed E-state index contributed by atoms with van der Waals surface area (Å²) in [5, 5.41) is 9.32. The molecule has 3 N–H and O–H groups in total. The number of aromatic nitrogens is 3. The second kappa shape index (κ2) is 4.89. The van der Waals surface area contributed by atoms with E-state index in [9.17, 15) is 19.5 Å². The Labute approximate surface area is 118 Å². The van der Waals surface area contributed by atoms with Crippen LogP contribution < -0.4 is 5.56 Å². The first-order valence-corrected chi connectivity index (χ1v) is 6.30. The highest BCUT2D eigenvalue weighted by atomic mass is 16.4. The van der Waals surface area contributed by atoms with Crippen molar-refractivity contribution >= 4 is 11.9 Å². The number of pyridine rings is 1. The summed E-state index contributed by atoms with van der Waals surface area (Å²) in [6.45, 7) is 0.0828. The molecule has 0 aliphatic carbocycles. The van der Waals surface area contributed by atoms with Gasteiger partial charge in [0, 0.05) is 12.6 Å². The van der Waals surface area contributed by atoms with E-state index in [0.717, 1.165) is 0 Å². The van der Waals surface area contributed by atoms with Crippen LogP contribution in [-0.4, -0.2) is 42.9 Å². The molecule has 0 saturated carbocycles. The summed E-state index contributed by atoms with van der Waals surface area (Å²) in [5.41, 5.74) is 0.704. The molecule has 108 valence electrons. The van der Waals surface area contributed by atoms with E-state index in [1.165, 1.54) is 29.6 Å². The quantitative estimate of drug-likeness (QED) is 0.704. The molecule has 8 heteroatoms. The first-order valence-electron chi connectivity index (χ1n) is 6.30. The Bertz CT molecular complexity index is 763. The molecule has 0 spiro atoms.